The van der Waals surface area contributed by atoms with Crippen LogP contribution in [-0.2, 0) is 6.54 Å². The van der Waals surface area contributed by atoms with Gasteiger partial charge in [0.2, 0.25) is 0 Å². The van der Waals surface area contributed by atoms with Crippen LogP contribution < -0.4 is 0 Å². The van der Waals surface area contributed by atoms with Crippen molar-refractivity contribution in [2.45, 2.75) is 71.3 Å². The van der Waals surface area contributed by atoms with Crippen molar-refractivity contribution in [1.82, 2.24) is 19.7 Å². The van der Waals surface area contributed by atoms with E-state index >= 15 is 0 Å². The minimum atomic E-state index is 0.184. The van der Waals surface area contributed by atoms with Crippen LogP contribution in [0.2, 0.25) is 0 Å². The molecule has 208 valence electrons. The Morgan fingerprint density at radius 3 is 2.21 bits per heavy atom. The van der Waals surface area contributed by atoms with Crippen LogP contribution in [0, 0.1) is 19.8 Å². The predicted molar refractivity (Wildman–Crippen MR) is 160 cm³/mol. The Morgan fingerprint density at radius 2 is 1.49 bits per heavy atom. The van der Waals surface area contributed by atoms with Crippen LogP contribution in [0.25, 0.3) is 10.9 Å². The van der Waals surface area contributed by atoms with Crippen LogP contribution >= 0.6 is 0 Å². The van der Waals surface area contributed by atoms with Gasteiger partial charge in [0.1, 0.15) is 5.69 Å². The van der Waals surface area contributed by atoms with E-state index in [-0.39, 0.29) is 5.91 Å². The van der Waals surface area contributed by atoms with Gasteiger partial charge in [0.15, 0.2) is 0 Å². The van der Waals surface area contributed by atoms with Gasteiger partial charge in [0.05, 0.1) is 0 Å². The van der Waals surface area contributed by atoms with Gasteiger partial charge < -0.3 is 9.88 Å². The summed E-state index contributed by atoms with van der Waals surface area (Å²) >= 11 is 0. The molecule has 1 aliphatic carbocycles. The molecular weight excluding hydrogens is 480 g/mol. The van der Waals surface area contributed by atoms with E-state index in [4.69, 9.17) is 0 Å². The molecule has 1 aromatic heterocycles. The van der Waals surface area contributed by atoms with Crippen molar-refractivity contribution in [2.24, 2.45) is 5.92 Å². The molecule has 2 aromatic carbocycles. The summed E-state index contributed by atoms with van der Waals surface area (Å²) in [5.74, 6) is 1.68. The van der Waals surface area contributed by atoms with Crippen LogP contribution in [0.3, 0.4) is 0 Å². The lowest BCUT2D eigenvalue weighted by molar-refractivity contribution is 0.0599. The molecule has 2 saturated heterocycles. The molecule has 1 amide bonds. The van der Waals surface area contributed by atoms with Crippen LogP contribution in [0.1, 0.15) is 83.6 Å². The van der Waals surface area contributed by atoms with Crippen molar-refractivity contribution in [3.63, 3.8) is 0 Å². The first-order valence-electron chi connectivity index (χ1n) is 15.5. The number of amides is 1. The van der Waals surface area contributed by atoms with Gasteiger partial charge in [0, 0.05) is 55.7 Å². The fraction of sp³-hybridized carbons (Fsp3) is 0.559. The van der Waals surface area contributed by atoms with Gasteiger partial charge in [-0.05, 0) is 87.2 Å². The Hall–Kier alpha value is -2.63. The molecule has 5 nitrogen and oxygen atoms in total. The smallest absolute Gasteiger partial charge is 0.270 e. The first-order chi connectivity index (χ1) is 19.1. The molecule has 2 aliphatic heterocycles. The van der Waals surface area contributed by atoms with Crippen LogP contribution in [0.5, 0.6) is 0 Å². The Morgan fingerprint density at radius 1 is 0.795 bits per heavy atom. The van der Waals surface area contributed by atoms with E-state index in [2.05, 4.69) is 76.0 Å². The molecule has 0 unspecified atom stereocenters. The molecule has 3 aliphatic rings. The fourth-order valence-corrected chi connectivity index (χ4v) is 7.65. The van der Waals surface area contributed by atoms with Gasteiger partial charge >= 0.3 is 0 Å². The van der Waals surface area contributed by atoms with Crippen LogP contribution in [0.15, 0.2) is 42.5 Å². The van der Waals surface area contributed by atoms with Crippen molar-refractivity contribution in [2.75, 3.05) is 45.8 Å². The molecule has 5 heteroatoms. The highest BCUT2D eigenvalue weighted by Crippen LogP contribution is 2.34. The summed E-state index contributed by atoms with van der Waals surface area (Å²) in [6, 6.07) is 15.2. The average molecular weight is 527 g/mol. The molecule has 3 fully saturated rings. The highest BCUT2D eigenvalue weighted by atomic mass is 16.2. The van der Waals surface area contributed by atoms with Gasteiger partial charge in [-0.15, -0.1) is 0 Å². The number of likely N-dealkylation sites (tertiary alicyclic amines) is 1. The third kappa shape index (κ3) is 5.81. The zero-order chi connectivity index (χ0) is 26.8. The SMILES string of the molecule is Cc1cccc(C)c1C1CCN(Cc2c(C(=O)N3CCN(CC4CCCCC4)CC3)[nH]c3ccccc23)CC1. The number of nitrogens with one attached hydrogen (secondary N) is 1. The lowest BCUT2D eigenvalue weighted by Crippen LogP contribution is -2.50. The van der Waals surface area contributed by atoms with Crippen LogP contribution in [-0.4, -0.2) is 71.4 Å². The summed E-state index contributed by atoms with van der Waals surface area (Å²) in [7, 11) is 0. The molecule has 0 radical (unpaired) electrons. The van der Waals surface area contributed by atoms with Crippen molar-refractivity contribution >= 4 is 16.8 Å². The molecule has 1 N–H and O–H groups in total. The zero-order valence-corrected chi connectivity index (χ0v) is 24.1. The number of hydrogen-bond donors (Lipinski definition) is 1. The normalized spacial score (nSPS) is 20.6. The fourth-order valence-electron chi connectivity index (χ4n) is 7.65. The number of para-hydroxylation sites is 1. The van der Waals surface area contributed by atoms with Gasteiger partial charge in [-0.2, -0.15) is 0 Å². The lowest BCUT2D eigenvalue weighted by atomic mass is 9.84. The number of piperazine rings is 1. The topological polar surface area (TPSA) is 42.6 Å². The molecule has 3 heterocycles. The third-order valence-electron chi connectivity index (χ3n) is 9.85. The number of aryl methyl sites for hydroxylation is 2. The summed E-state index contributed by atoms with van der Waals surface area (Å²) in [6.45, 7) is 12.4. The summed E-state index contributed by atoms with van der Waals surface area (Å²) in [5.41, 5.74) is 7.49. The second-order valence-corrected chi connectivity index (χ2v) is 12.5. The Kier molecular flexibility index (Phi) is 8.08. The monoisotopic (exact) mass is 526 g/mol. The number of aromatic amines is 1. The number of piperidine rings is 1. The maximum absolute atomic E-state index is 13.9. The molecule has 0 atom stereocenters. The average Bonchev–Trinajstić information content (AvgIpc) is 3.33. The quantitative estimate of drug-likeness (QED) is 0.399. The highest BCUT2D eigenvalue weighted by molar-refractivity contribution is 6.01. The summed E-state index contributed by atoms with van der Waals surface area (Å²) < 4.78 is 0. The van der Waals surface area contributed by atoms with E-state index < -0.39 is 0 Å². The molecule has 6 rings (SSSR count). The minimum Gasteiger partial charge on any atom is -0.350 e. The number of nitrogens with zero attached hydrogens (tertiary/aromatic N) is 3. The number of rotatable bonds is 6. The summed E-state index contributed by atoms with van der Waals surface area (Å²) in [4.78, 5) is 24.7. The largest absolute Gasteiger partial charge is 0.350 e. The molecular formula is C34H46N4O. The van der Waals surface area contributed by atoms with E-state index in [1.54, 1.807) is 5.56 Å². The van der Waals surface area contributed by atoms with E-state index in [9.17, 15) is 4.79 Å². The Balaban J connectivity index is 1.12. The maximum atomic E-state index is 13.9. The molecule has 0 spiro atoms. The highest BCUT2D eigenvalue weighted by Gasteiger charge is 2.29. The third-order valence-corrected chi connectivity index (χ3v) is 9.85. The molecule has 1 saturated carbocycles. The van der Waals surface area contributed by atoms with Gasteiger partial charge in [-0.3, -0.25) is 14.6 Å². The molecule has 0 bridgehead atoms. The number of hydrogen-bond acceptors (Lipinski definition) is 3. The number of H-pyrrole nitrogens is 1. The number of carbonyl (C=O) groups is 1. The second-order valence-electron chi connectivity index (χ2n) is 12.5. The summed E-state index contributed by atoms with van der Waals surface area (Å²) in [6.07, 6.45) is 9.35. The first-order valence-corrected chi connectivity index (χ1v) is 15.5. The summed E-state index contributed by atoms with van der Waals surface area (Å²) in [5, 5.41) is 1.20. The van der Waals surface area contributed by atoms with E-state index in [1.165, 1.54) is 73.6 Å². The Labute approximate surface area is 234 Å². The van der Waals surface area contributed by atoms with Crippen molar-refractivity contribution in [3.05, 3.63) is 70.4 Å². The zero-order valence-electron chi connectivity index (χ0n) is 24.1. The minimum absolute atomic E-state index is 0.184. The van der Waals surface area contributed by atoms with E-state index in [0.29, 0.717) is 5.92 Å². The van der Waals surface area contributed by atoms with Crippen LogP contribution in [0.4, 0.5) is 0 Å². The van der Waals surface area contributed by atoms with Crippen molar-refractivity contribution < 1.29 is 4.79 Å². The number of fused-ring (bicyclic) bond motifs is 1. The van der Waals surface area contributed by atoms with Crippen molar-refractivity contribution in [3.8, 4) is 0 Å². The van der Waals surface area contributed by atoms with Gasteiger partial charge in [-0.1, -0.05) is 55.7 Å². The maximum Gasteiger partial charge on any atom is 0.270 e. The Bertz CT molecular complexity index is 1250. The lowest BCUT2D eigenvalue weighted by Gasteiger charge is -2.37. The van der Waals surface area contributed by atoms with Gasteiger partial charge in [-0.25, -0.2) is 0 Å². The van der Waals surface area contributed by atoms with E-state index in [0.717, 1.165) is 62.9 Å². The second kappa shape index (κ2) is 11.9. The van der Waals surface area contributed by atoms with E-state index in [1.807, 2.05) is 0 Å². The number of aromatic nitrogens is 1. The number of carbonyl (C=O) groups excluding carboxylic acids is 1. The predicted octanol–water partition coefficient (Wildman–Crippen LogP) is 6.50. The van der Waals surface area contributed by atoms with Crippen molar-refractivity contribution in [1.29, 1.82) is 0 Å². The molecule has 3 aromatic rings. The standard InChI is InChI=1S/C34H46N4O/c1-25-9-8-10-26(2)32(25)28-15-17-36(18-16-28)24-30-29-13-6-7-14-31(29)35-33(30)34(39)38-21-19-37(20-22-38)23-27-11-4-3-5-12-27/h6-10,13-14,27-28,35H,3-5,11-12,15-24H2,1-2H3. The number of benzene rings is 2. The van der Waals surface area contributed by atoms with Gasteiger partial charge in [0.25, 0.3) is 5.91 Å². The molecule has 39 heavy (non-hydrogen) atoms. The first kappa shape index (κ1) is 26.6.